The van der Waals surface area contributed by atoms with Crippen molar-refractivity contribution in [1.82, 2.24) is 10.6 Å². The minimum atomic E-state index is -0.784. The van der Waals surface area contributed by atoms with Crippen LogP contribution in [-0.4, -0.2) is 37.0 Å². The highest BCUT2D eigenvalue weighted by molar-refractivity contribution is 5.90. The summed E-state index contributed by atoms with van der Waals surface area (Å²) in [5, 5.41) is 5.17. The minimum Gasteiger partial charge on any atom is -0.467 e. The van der Waals surface area contributed by atoms with E-state index in [0.717, 1.165) is 0 Å². The van der Waals surface area contributed by atoms with Crippen molar-refractivity contribution >= 4 is 17.8 Å². The molecule has 2 N–H and O–H groups in total. The zero-order valence-corrected chi connectivity index (χ0v) is 12.6. The van der Waals surface area contributed by atoms with Gasteiger partial charge in [-0.1, -0.05) is 19.9 Å². The first-order valence-corrected chi connectivity index (χ1v) is 6.58. The Bertz CT molecular complexity index is 366. The van der Waals surface area contributed by atoms with Crippen LogP contribution in [0, 0.1) is 5.92 Å². The Morgan fingerprint density at radius 2 is 1.80 bits per heavy atom. The summed E-state index contributed by atoms with van der Waals surface area (Å²) in [6.45, 7) is 8.78. The topological polar surface area (TPSA) is 84.5 Å². The lowest BCUT2D eigenvalue weighted by Gasteiger charge is -2.22. The normalized spacial score (nSPS) is 13.2. The highest BCUT2D eigenvalue weighted by Gasteiger charge is 2.26. The van der Waals surface area contributed by atoms with E-state index >= 15 is 0 Å². The number of nitrogens with one attached hydrogen (secondary N) is 2. The molecule has 0 aliphatic carbocycles. The standard InChI is InChI=1S/C14H24N2O4/c1-6-7-11(14(19)20-5)16-13(18)12(8-9(2)3)15-10(4)17/h6,9,11-12H,1,7-8H2,2-5H3,(H,15,17)(H,16,18)/t11-,12-/m0/s1. The zero-order valence-electron chi connectivity index (χ0n) is 12.6. The van der Waals surface area contributed by atoms with Crippen LogP contribution in [0.3, 0.4) is 0 Å². The fourth-order valence-electron chi connectivity index (χ4n) is 1.74. The molecule has 0 saturated carbocycles. The van der Waals surface area contributed by atoms with Gasteiger partial charge in [0.15, 0.2) is 0 Å². The summed E-state index contributed by atoms with van der Waals surface area (Å²) in [5.41, 5.74) is 0. The van der Waals surface area contributed by atoms with E-state index in [1.54, 1.807) is 0 Å². The third-order valence-corrected chi connectivity index (χ3v) is 2.61. The van der Waals surface area contributed by atoms with Crippen LogP contribution in [0.4, 0.5) is 0 Å². The SMILES string of the molecule is C=CC[C@H](NC(=O)[C@H](CC(C)C)NC(C)=O)C(=O)OC. The van der Waals surface area contributed by atoms with Gasteiger partial charge in [0.2, 0.25) is 11.8 Å². The van der Waals surface area contributed by atoms with Crippen LogP contribution in [-0.2, 0) is 19.1 Å². The van der Waals surface area contributed by atoms with Crippen molar-refractivity contribution in [3.05, 3.63) is 12.7 Å². The average Bonchev–Trinajstić information content (AvgIpc) is 2.35. The molecule has 0 aromatic rings. The molecule has 114 valence electrons. The summed E-state index contributed by atoms with van der Waals surface area (Å²) in [4.78, 5) is 34.8. The lowest BCUT2D eigenvalue weighted by Crippen LogP contribution is -2.51. The number of rotatable bonds is 8. The molecule has 0 radical (unpaired) electrons. The van der Waals surface area contributed by atoms with E-state index in [4.69, 9.17) is 0 Å². The van der Waals surface area contributed by atoms with E-state index in [1.807, 2.05) is 13.8 Å². The van der Waals surface area contributed by atoms with Crippen LogP contribution in [0.5, 0.6) is 0 Å². The van der Waals surface area contributed by atoms with Gasteiger partial charge in [0.05, 0.1) is 7.11 Å². The minimum absolute atomic E-state index is 0.230. The molecule has 2 atom stereocenters. The molecular weight excluding hydrogens is 260 g/mol. The van der Waals surface area contributed by atoms with Crippen LogP contribution in [0.1, 0.15) is 33.6 Å². The molecule has 0 aliphatic heterocycles. The van der Waals surface area contributed by atoms with Crippen LogP contribution in [0.15, 0.2) is 12.7 Å². The maximum Gasteiger partial charge on any atom is 0.328 e. The van der Waals surface area contributed by atoms with E-state index in [2.05, 4.69) is 21.9 Å². The largest absolute Gasteiger partial charge is 0.467 e. The molecule has 0 spiro atoms. The van der Waals surface area contributed by atoms with Gasteiger partial charge in [-0.25, -0.2) is 4.79 Å². The smallest absolute Gasteiger partial charge is 0.328 e. The second-order valence-corrected chi connectivity index (χ2v) is 4.99. The van der Waals surface area contributed by atoms with Gasteiger partial charge in [0, 0.05) is 6.92 Å². The molecule has 6 nitrogen and oxygen atoms in total. The van der Waals surface area contributed by atoms with Gasteiger partial charge in [-0.05, 0) is 18.8 Å². The monoisotopic (exact) mass is 284 g/mol. The quantitative estimate of drug-likeness (QED) is 0.509. The molecular formula is C14H24N2O4. The Kier molecular flexibility index (Phi) is 8.27. The van der Waals surface area contributed by atoms with E-state index in [0.29, 0.717) is 6.42 Å². The highest BCUT2D eigenvalue weighted by atomic mass is 16.5. The van der Waals surface area contributed by atoms with Gasteiger partial charge < -0.3 is 15.4 Å². The molecule has 20 heavy (non-hydrogen) atoms. The van der Waals surface area contributed by atoms with Crippen molar-refractivity contribution < 1.29 is 19.1 Å². The first kappa shape index (κ1) is 18.1. The lowest BCUT2D eigenvalue weighted by atomic mass is 10.0. The van der Waals surface area contributed by atoms with E-state index in [1.165, 1.54) is 20.1 Å². The van der Waals surface area contributed by atoms with Crippen LogP contribution < -0.4 is 10.6 Å². The first-order valence-electron chi connectivity index (χ1n) is 6.58. The maximum atomic E-state index is 12.2. The van der Waals surface area contributed by atoms with Crippen molar-refractivity contribution in [2.24, 2.45) is 5.92 Å². The predicted molar refractivity (Wildman–Crippen MR) is 75.8 cm³/mol. The molecule has 0 aliphatic rings. The van der Waals surface area contributed by atoms with Gasteiger partial charge in [-0.2, -0.15) is 0 Å². The summed E-state index contributed by atoms with van der Waals surface area (Å²) in [7, 11) is 1.25. The number of methoxy groups -OCH3 is 1. The maximum absolute atomic E-state index is 12.2. The number of carbonyl (C=O) groups excluding carboxylic acids is 3. The van der Waals surface area contributed by atoms with Crippen molar-refractivity contribution in [1.29, 1.82) is 0 Å². The van der Waals surface area contributed by atoms with Crippen LogP contribution in [0.2, 0.25) is 0 Å². The fourth-order valence-corrected chi connectivity index (χ4v) is 1.74. The number of hydrogen-bond donors (Lipinski definition) is 2. The van der Waals surface area contributed by atoms with Gasteiger partial charge >= 0.3 is 5.97 Å². The number of carbonyl (C=O) groups is 3. The number of hydrogen-bond acceptors (Lipinski definition) is 4. The van der Waals surface area contributed by atoms with Crippen molar-refractivity contribution in [2.75, 3.05) is 7.11 Å². The second kappa shape index (κ2) is 9.12. The third-order valence-electron chi connectivity index (χ3n) is 2.61. The van der Waals surface area contributed by atoms with E-state index in [9.17, 15) is 14.4 Å². The molecule has 0 saturated heterocycles. The highest BCUT2D eigenvalue weighted by Crippen LogP contribution is 2.06. The molecule has 0 aromatic carbocycles. The Labute approximate surface area is 119 Å². The third kappa shape index (κ3) is 6.92. The summed E-state index contributed by atoms with van der Waals surface area (Å²) in [6, 6.07) is -1.45. The van der Waals surface area contributed by atoms with Gasteiger partial charge in [0.1, 0.15) is 12.1 Å². The first-order chi connectivity index (χ1) is 9.31. The number of amides is 2. The van der Waals surface area contributed by atoms with Gasteiger partial charge in [-0.15, -0.1) is 6.58 Å². The fraction of sp³-hybridized carbons (Fsp3) is 0.643. The summed E-state index contributed by atoms with van der Waals surface area (Å²) in [5.74, 6) is -0.992. The second-order valence-electron chi connectivity index (χ2n) is 4.99. The van der Waals surface area contributed by atoms with Gasteiger partial charge in [0.25, 0.3) is 0 Å². The summed E-state index contributed by atoms with van der Waals surface area (Å²) in [6.07, 6.45) is 2.29. The van der Waals surface area contributed by atoms with Gasteiger partial charge in [-0.3, -0.25) is 9.59 Å². The molecule has 0 fully saturated rings. The Morgan fingerprint density at radius 1 is 1.20 bits per heavy atom. The molecule has 0 rings (SSSR count). The lowest BCUT2D eigenvalue weighted by molar-refractivity contribution is -0.145. The van der Waals surface area contributed by atoms with Crippen LogP contribution in [0.25, 0.3) is 0 Å². The Morgan fingerprint density at radius 3 is 2.20 bits per heavy atom. The van der Waals surface area contributed by atoms with Crippen molar-refractivity contribution in [3.63, 3.8) is 0 Å². The Balaban J connectivity index is 4.80. The molecule has 6 heteroatoms. The molecule has 0 aromatic heterocycles. The van der Waals surface area contributed by atoms with Crippen molar-refractivity contribution in [2.45, 2.75) is 45.7 Å². The molecule has 0 unspecified atom stereocenters. The molecule has 2 amide bonds. The van der Waals surface area contributed by atoms with E-state index < -0.39 is 24.0 Å². The van der Waals surface area contributed by atoms with Crippen LogP contribution >= 0.6 is 0 Å². The van der Waals surface area contributed by atoms with Crippen molar-refractivity contribution in [3.8, 4) is 0 Å². The predicted octanol–water partition coefficient (Wildman–Crippen LogP) is 0.771. The number of esters is 1. The molecule has 0 heterocycles. The summed E-state index contributed by atoms with van der Waals surface area (Å²) >= 11 is 0. The average molecular weight is 284 g/mol. The Hall–Kier alpha value is -1.85. The number of ether oxygens (including phenoxy) is 1. The zero-order chi connectivity index (χ0) is 15.7. The van der Waals surface area contributed by atoms with E-state index in [-0.39, 0.29) is 18.2 Å². The molecule has 0 bridgehead atoms. The summed E-state index contributed by atoms with van der Waals surface area (Å²) < 4.78 is 4.62.